The van der Waals surface area contributed by atoms with Gasteiger partial charge in [0.15, 0.2) is 0 Å². The molecule has 2 atom stereocenters. The molecule has 3 N–H and O–H groups in total. The molecule has 0 aromatic heterocycles. The van der Waals surface area contributed by atoms with E-state index in [0.29, 0.717) is 22.9 Å². The molecule has 0 spiro atoms. The highest BCUT2D eigenvalue weighted by Crippen LogP contribution is 2.46. The first-order valence-corrected chi connectivity index (χ1v) is 9.08. The Labute approximate surface area is 147 Å². The predicted molar refractivity (Wildman–Crippen MR) is 89.6 cm³/mol. The zero-order valence-corrected chi connectivity index (χ0v) is 14.1. The Morgan fingerprint density at radius 2 is 2.00 bits per heavy atom. The Morgan fingerprint density at radius 1 is 1.24 bits per heavy atom. The van der Waals surface area contributed by atoms with Gasteiger partial charge in [-0.2, -0.15) is 13.2 Å². The number of piperidine rings is 1. The van der Waals surface area contributed by atoms with Crippen molar-refractivity contribution in [1.82, 2.24) is 4.72 Å². The van der Waals surface area contributed by atoms with E-state index in [1.807, 2.05) is 0 Å². The molecule has 1 aliphatic carbocycles. The summed E-state index contributed by atoms with van der Waals surface area (Å²) >= 11 is 1.21. The van der Waals surface area contributed by atoms with Crippen LogP contribution in [-0.2, 0) is 0 Å². The summed E-state index contributed by atoms with van der Waals surface area (Å²) in [5, 5.41) is 0. The first-order chi connectivity index (χ1) is 11.8. The lowest BCUT2D eigenvalue weighted by atomic mass is 9.96. The number of aliphatic imine (C=N–C) groups is 1. The van der Waals surface area contributed by atoms with Crippen molar-refractivity contribution < 1.29 is 17.6 Å². The van der Waals surface area contributed by atoms with Gasteiger partial charge in [-0.25, -0.2) is 9.38 Å². The highest BCUT2D eigenvalue weighted by molar-refractivity contribution is 7.98. The van der Waals surface area contributed by atoms with E-state index >= 15 is 0 Å². The summed E-state index contributed by atoms with van der Waals surface area (Å²) in [6.45, 7) is 0.133. The third-order valence-corrected chi connectivity index (χ3v) is 5.65. The standard InChI is InChI=1S/C16H18F4N4S/c17-9-5-11(24-4-3-10(21)7-13(24)16(18,19)20)14-12(6-9)25-23-15(22-14)8-1-2-8/h5-6,8,10,13H,1-4,7,21H2,(H,22,23)/t10-,13-/m0/s1. The Kier molecular flexibility index (Phi) is 4.10. The number of nitrogens with two attached hydrogens (primary N) is 1. The Bertz CT molecular complexity index is 717. The van der Waals surface area contributed by atoms with Crippen molar-refractivity contribution in [1.29, 1.82) is 0 Å². The van der Waals surface area contributed by atoms with Gasteiger partial charge in [-0.3, -0.25) is 0 Å². The van der Waals surface area contributed by atoms with Crippen LogP contribution in [0.4, 0.5) is 28.9 Å². The summed E-state index contributed by atoms with van der Waals surface area (Å²) in [5.74, 6) is 0.526. The van der Waals surface area contributed by atoms with Crippen molar-refractivity contribution in [3.05, 3.63) is 17.9 Å². The summed E-state index contributed by atoms with van der Waals surface area (Å²) in [4.78, 5) is 6.27. The second-order valence-electron chi connectivity index (χ2n) is 6.78. The predicted octanol–water partition coefficient (Wildman–Crippen LogP) is 3.73. The lowest BCUT2D eigenvalue weighted by molar-refractivity contribution is -0.153. The van der Waals surface area contributed by atoms with E-state index in [2.05, 4.69) is 9.71 Å². The number of nitrogens with zero attached hydrogens (tertiary/aromatic N) is 2. The molecule has 9 heteroatoms. The quantitative estimate of drug-likeness (QED) is 0.612. The minimum absolute atomic E-state index is 0.133. The van der Waals surface area contributed by atoms with Crippen LogP contribution in [0.25, 0.3) is 0 Å². The van der Waals surface area contributed by atoms with Gasteiger partial charge >= 0.3 is 6.18 Å². The van der Waals surface area contributed by atoms with Gasteiger partial charge in [0.1, 0.15) is 23.4 Å². The van der Waals surface area contributed by atoms with Gasteiger partial charge in [-0.15, -0.1) is 0 Å². The number of anilines is 1. The number of rotatable bonds is 2. The maximum absolute atomic E-state index is 14.1. The molecule has 4 rings (SSSR count). The van der Waals surface area contributed by atoms with Crippen molar-refractivity contribution in [2.24, 2.45) is 16.6 Å². The molecule has 0 unspecified atom stereocenters. The molecule has 136 valence electrons. The number of hydrogen-bond donors (Lipinski definition) is 2. The van der Waals surface area contributed by atoms with Gasteiger partial charge in [0, 0.05) is 18.5 Å². The van der Waals surface area contributed by atoms with Crippen LogP contribution in [0, 0.1) is 11.7 Å². The normalized spacial score (nSPS) is 26.8. The maximum atomic E-state index is 14.1. The fourth-order valence-electron chi connectivity index (χ4n) is 3.34. The van der Waals surface area contributed by atoms with E-state index in [9.17, 15) is 17.6 Å². The summed E-state index contributed by atoms with van der Waals surface area (Å²) in [6, 6.07) is 0.242. The van der Waals surface area contributed by atoms with Crippen molar-refractivity contribution in [2.75, 3.05) is 11.4 Å². The zero-order chi connectivity index (χ0) is 17.8. The van der Waals surface area contributed by atoms with Crippen molar-refractivity contribution in [3.8, 4) is 0 Å². The van der Waals surface area contributed by atoms with Gasteiger partial charge < -0.3 is 15.4 Å². The fraction of sp³-hybridized carbons (Fsp3) is 0.562. The molecule has 2 heterocycles. The molecule has 0 bridgehead atoms. The van der Waals surface area contributed by atoms with Crippen LogP contribution < -0.4 is 15.4 Å². The van der Waals surface area contributed by atoms with Crippen LogP contribution >= 0.6 is 11.9 Å². The molecule has 1 saturated heterocycles. The van der Waals surface area contributed by atoms with Gasteiger partial charge in [0.05, 0.1) is 10.6 Å². The van der Waals surface area contributed by atoms with Crippen LogP contribution in [-0.4, -0.2) is 30.6 Å². The first-order valence-electron chi connectivity index (χ1n) is 8.27. The van der Waals surface area contributed by atoms with Gasteiger partial charge in [0.25, 0.3) is 0 Å². The molecule has 2 fully saturated rings. The SMILES string of the molecule is N[C@H]1CCN(c2cc(F)cc3c2N=C(C2CC2)NS3)[C@H](C(F)(F)F)C1. The van der Waals surface area contributed by atoms with Crippen molar-refractivity contribution in [3.63, 3.8) is 0 Å². The van der Waals surface area contributed by atoms with E-state index in [4.69, 9.17) is 5.73 Å². The van der Waals surface area contributed by atoms with E-state index in [1.54, 1.807) is 0 Å². The molecular formula is C16H18F4N4S. The third kappa shape index (κ3) is 3.31. The molecular weight excluding hydrogens is 356 g/mol. The van der Waals surface area contributed by atoms with Crippen LogP contribution in [0.3, 0.4) is 0 Å². The largest absolute Gasteiger partial charge is 0.408 e. The Balaban J connectivity index is 1.78. The summed E-state index contributed by atoms with van der Waals surface area (Å²) in [6.07, 6.45) is -2.16. The molecule has 1 aromatic carbocycles. The third-order valence-electron chi connectivity index (χ3n) is 4.81. The van der Waals surface area contributed by atoms with Crippen LogP contribution in [0.1, 0.15) is 25.7 Å². The highest BCUT2D eigenvalue weighted by atomic mass is 32.2. The van der Waals surface area contributed by atoms with Crippen molar-refractivity contribution in [2.45, 2.75) is 48.8 Å². The Morgan fingerprint density at radius 3 is 2.68 bits per heavy atom. The number of halogens is 4. The first kappa shape index (κ1) is 17.0. The maximum Gasteiger partial charge on any atom is 0.408 e. The van der Waals surface area contributed by atoms with Gasteiger partial charge in [0.2, 0.25) is 0 Å². The average molecular weight is 374 g/mol. The molecule has 1 aromatic rings. The highest BCUT2D eigenvalue weighted by Gasteiger charge is 2.47. The summed E-state index contributed by atoms with van der Waals surface area (Å²) in [5.41, 5.74) is 6.39. The lowest BCUT2D eigenvalue weighted by Gasteiger charge is -2.41. The molecule has 3 aliphatic rings. The van der Waals surface area contributed by atoms with E-state index in [0.717, 1.165) is 24.7 Å². The molecule has 4 nitrogen and oxygen atoms in total. The smallest absolute Gasteiger partial charge is 0.358 e. The number of alkyl halides is 3. The van der Waals surface area contributed by atoms with Crippen molar-refractivity contribution >= 4 is 29.2 Å². The van der Waals surface area contributed by atoms with E-state index in [-0.39, 0.29) is 18.7 Å². The fourth-order valence-corrected chi connectivity index (χ4v) is 4.19. The molecule has 0 amide bonds. The van der Waals surface area contributed by atoms with Crippen LogP contribution in [0.5, 0.6) is 0 Å². The second-order valence-corrected chi connectivity index (χ2v) is 7.63. The van der Waals surface area contributed by atoms with Crippen LogP contribution in [0.15, 0.2) is 22.0 Å². The minimum Gasteiger partial charge on any atom is -0.358 e. The van der Waals surface area contributed by atoms with E-state index in [1.165, 1.54) is 22.9 Å². The summed E-state index contributed by atoms with van der Waals surface area (Å²) in [7, 11) is 0. The number of benzene rings is 1. The second kappa shape index (κ2) is 6.05. The zero-order valence-electron chi connectivity index (χ0n) is 13.3. The Hall–Kier alpha value is -1.48. The monoisotopic (exact) mass is 374 g/mol. The number of hydrogen-bond acceptors (Lipinski definition) is 5. The minimum atomic E-state index is -4.43. The molecule has 25 heavy (non-hydrogen) atoms. The topological polar surface area (TPSA) is 53.6 Å². The lowest BCUT2D eigenvalue weighted by Crippen LogP contribution is -2.54. The van der Waals surface area contributed by atoms with E-state index < -0.39 is 24.1 Å². The number of amidine groups is 1. The van der Waals surface area contributed by atoms with Gasteiger partial charge in [-0.05, 0) is 49.8 Å². The number of fused-ring (bicyclic) bond motifs is 1. The molecule has 1 saturated carbocycles. The average Bonchev–Trinajstić information content (AvgIpc) is 3.38. The summed E-state index contributed by atoms with van der Waals surface area (Å²) < 4.78 is 57.8. The molecule has 2 aliphatic heterocycles. The molecule has 0 radical (unpaired) electrons. The number of nitrogens with one attached hydrogen (secondary N) is 1. The van der Waals surface area contributed by atoms with Crippen LogP contribution in [0.2, 0.25) is 0 Å². The van der Waals surface area contributed by atoms with Gasteiger partial charge in [-0.1, -0.05) is 0 Å².